The van der Waals surface area contributed by atoms with Gasteiger partial charge in [-0.3, -0.25) is 0 Å². The lowest BCUT2D eigenvalue weighted by Crippen LogP contribution is -2.42. The lowest BCUT2D eigenvalue weighted by Gasteiger charge is -2.34. The maximum Gasteiger partial charge on any atom is 0.0588 e. The topological polar surface area (TPSA) is 15.3 Å². The molecule has 0 saturated carbocycles. The second-order valence-corrected chi connectivity index (χ2v) is 7.17. The summed E-state index contributed by atoms with van der Waals surface area (Å²) in [5, 5.41) is 3.59. The van der Waals surface area contributed by atoms with Crippen molar-refractivity contribution < 1.29 is 0 Å². The fourth-order valence-electron chi connectivity index (χ4n) is 4.17. The maximum absolute atomic E-state index is 3.59. The Morgan fingerprint density at radius 3 is 3.05 bits per heavy atom. The van der Waals surface area contributed by atoms with Crippen molar-refractivity contribution in [2.75, 3.05) is 18.0 Å². The molecule has 3 heteroatoms. The first-order chi connectivity index (χ1) is 10.4. The molecule has 0 bridgehead atoms. The normalized spacial score (nSPS) is 25.8. The lowest BCUT2D eigenvalue weighted by molar-refractivity contribution is 0.419. The molecule has 0 amide bonds. The summed E-state index contributed by atoms with van der Waals surface area (Å²) < 4.78 is 0. The molecule has 5 rings (SSSR count). The van der Waals surface area contributed by atoms with E-state index in [4.69, 9.17) is 0 Å². The van der Waals surface area contributed by atoms with Crippen molar-refractivity contribution in [3.63, 3.8) is 0 Å². The summed E-state index contributed by atoms with van der Waals surface area (Å²) in [5.74, 6) is 1.72. The van der Waals surface area contributed by atoms with Crippen molar-refractivity contribution >= 4 is 23.1 Å². The Morgan fingerprint density at radius 1 is 1.10 bits per heavy atom. The van der Waals surface area contributed by atoms with Crippen LogP contribution in [0.25, 0.3) is 0 Å². The van der Waals surface area contributed by atoms with Gasteiger partial charge in [0, 0.05) is 34.8 Å². The van der Waals surface area contributed by atoms with Gasteiger partial charge in [-0.05, 0) is 36.2 Å². The average Bonchev–Trinajstić information content (AvgIpc) is 2.78. The first-order valence-electron chi connectivity index (χ1n) is 7.77. The van der Waals surface area contributed by atoms with Gasteiger partial charge in [0.25, 0.3) is 0 Å². The highest BCUT2D eigenvalue weighted by atomic mass is 32.2. The molecule has 3 aliphatic heterocycles. The Kier molecular flexibility index (Phi) is 2.61. The van der Waals surface area contributed by atoms with E-state index in [9.17, 15) is 0 Å². The summed E-state index contributed by atoms with van der Waals surface area (Å²) in [4.78, 5) is 4.11. The molecule has 2 nitrogen and oxygen atoms in total. The summed E-state index contributed by atoms with van der Waals surface area (Å²) in [7, 11) is 0. The molecule has 3 aliphatic rings. The second kappa shape index (κ2) is 4.52. The number of benzene rings is 2. The number of fused-ring (bicyclic) bond motifs is 5. The summed E-state index contributed by atoms with van der Waals surface area (Å²) in [6.45, 7) is 2.25. The predicted molar refractivity (Wildman–Crippen MR) is 88.6 cm³/mol. The van der Waals surface area contributed by atoms with Crippen molar-refractivity contribution in [1.82, 2.24) is 5.32 Å². The van der Waals surface area contributed by atoms with Gasteiger partial charge in [-0.15, -0.1) is 11.8 Å². The van der Waals surface area contributed by atoms with E-state index in [0.717, 1.165) is 18.8 Å². The number of hydrogen-bond donors (Lipinski definition) is 1. The first-order valence-corrected chi connectivity index (χ1v) is 8.75. The van der Waals surface area contributed by atoms with E-state index in [0.29, 0.717) is 12.0 Å². The smallest absolute Gasteiger partial charge is 0.0588 e. The second-order valence-electron chi connectivity index (χ2n) is 6.15. The van der Waals surface area contributed by atoms with Crippen LogP contribution in [0.3, 0.4) is 0 Å². The highest BCUT2D eigenvalue weighted by Crippen LogP contribution is 2.54. The zero-order chi connectivity index (χ0) is 13.8. The summed E-state index contributed by atoms with van der Waals surface area (Å²) >= 11 is 1.99. The molecule has 2 unspecified atom stereocenters. The van der Waals surface area contributed by atoms with E-state index in [1.807, 2.05) is 11.8 Å². The van der Waals surface area contributed by atoms with E-state index in [1.165, 1.54) is 28.3 Å². The number of para-hydroxylation sites is 2. The molecular formula is C18H18N2S. The highest BCUT2D eigenvalue weighted by molar-refractivity contribution is 7.98. The molecule has 21 heavy (non-hydrogen) atoms. The Balaban J connectivity index is 1.79. The van der Waals surface area contributed by atoms with Crippen LogP contribution in [0.5, 0.6) is 0 Å². The quantitative estimate of drug-likeness (QED) is 0.793. The number of piperidine rings is 1. The van der Waals surface area contributed by atoms with E-state index < -0.39 is 0 Å². The number of thioether (sulfide) groups is 1. The van der Waals surface area contributed by atoms with Crippen LogP contribution in [0.1, 0.15) is 23.5 Å². The molecule has 0 spiro atoms. The zero-order valence-corrected chi connectivity index (χ0v) is 12.7. The molecule has 2 atom stereocenters. The van der Waals surface area contributed by atoms with E-state index in [1.54, 1.807) is 5.56 Å². The van der Waals surface area contributed by atoms with Crippen LogP contribution >= 0.6 is 11.8 Å². The Morgan fingerprint density at radius 2 is 2.05 bits per heavy atom. The van der Waals surface area contributed by atoms with Crippen LogP contribution in [0.4, 0.5) is 11.4 Å². The van der Waals surface area contributed by atoms with Gasteiger partial charge in [-0.2, -0.15) is 0 Å². The van der Waals surface area contributed by atoms with Gasteiger partial charge in [-0.1, -0.05) is 30.3 Å². The number of nitrogens with one attached hydrogen (secondary N) is 1. The monoisotopic (exact) mass is 294 g/mol. The van der Waals surface area contributed by atoms with Gasteiger partial charge >= 0.3 is 0 Å². The minimum Gasteiger partial charge on any atom is -0.336 e. The molecule has 1 fully saturated rings. The van der Waals surface area contributed by atoms with Crippen molar-refractivity contribution in [2.24, 2.45) is 0 Å². The minimum absolute atomic E-state index is 0.627. The molecule has 3 heterocycles. The SMILES string of the molecule is c1ccc2c(c1)CSc1cccc3c1N2C1CCNCC31. The Labute approximate surface area is 129 Å². The van der Waals surface area contributed by atoms with Gasteiger partial charge in [0.05, 0.1) is 5.69 Å². The highest BCUT2D eigenvalue weighted by Gasteiger charge is 2.43. The molecule has 106 valence electrons. The fourth-order valence-corrected chi connectivity index (χ4v) is 5.25. The molecule has 1 N–H and O–H groups in total. The molecule has 0 aliphatic carbocycles. The van der Waals surface area contributed by atoms with Gasteiger partial charge < -0.3 is 10.2 Å². The summed E-state index contributed by atoms with van der Waals surface area (Å²) in [5.41, 5.74) is 5.95. The first kappa shape index (κ1) is 12.1. The van der Waals surface area contributed by atoms with Crippen molar-refractivity contribution in [3.8, 4) is 0 Å². The van der Waals surface area contributed by atoms with E-state index >= 15 is 0 Å². The third kappa shape index (κ3) is 1.65. The molecule has 2 aromatic rings. The Bertz CT molecular complexity index is 712. The van der Waals surface area contributed by atoms with Crippen LogP contribution in [0.15, 0.2) is 47.4 Å². The van der Waals surface area contributed by atoms with Crippen LogP contribution in [0.2, 0.25) is 0 Å². The van der Waals surface area contributed by atoms with Crippen LogP contribution in [-0.2, 0) is 5.75 Å². The number of hydrogen-bond acceptors (Lipinski definition) is 3. The zero-order valence-electron chi connectivity index (χ0n) is 11.9. The van der Waals surface area contributed by atoms with Gasteiger partial charge in [0.15, 0.2) is 0 Å². The van der Waals surface area contributed by atoms with Gasteiger partial charge in [0.1, 0.15) is 0 Å². The number of nitrogens with zero attached hydrogens (tertiary/aromatic N) is 1. The average molecular weight is 294 g/mol. The molecule has 1 saturated heterocycles. The van der Waals surface area contributed by atoms with Crippen LogP contribution in [0, 0.1) is 0 Å². The minimum atomic E-state index is 0.627. The van der Waals surface area contributed by atoms with E-state index in [-0.39, 0.29) is 0 Å². The van der Waals surface area contributed by atoms with Crippen LogP contribution in [-0.4, -0.2) is 19.1 Å². The predicted octanol–water partition coefficient (Wildman–Crippen LogP) is 3.89. The van der Waals surface area contributed by atoms with Gasteiger partial charge in [0.2, 0.25) is 0 Å². The van der Waals surface area contributed by atoms with Crippen LogP contribution < -0.4 is 10.2 Å². The van der Waals surface area contributed by atoms with Gasteiger partial charge in [-0.25, -0.2) is 0 Å². The molecule has 2 aromatic carbocycles. The fraction of sp³-hybridized carbons (Fsp3) is 0.333. The third-order valence-corrected chi connectivity index (χ3v) is 6.18. The maximum atomic E-state index is 3.59. The van der Waals surface area contributed by atoms with Crippen molar-refractivity contribution in [2.45, 2.75) is 29.0 Å². The third-order valence-electron chi connectivity index (χ3n) is 5.08. The Hall–Kier alpha value is -1.45. The summed E-state index contributed by atoms with van der Waals surface area (Å²) in [6, 6.07) is 16.5. The van der Waals surface area contributed by atoms with Crippen molar-refractivity contribution in [3.05, 3.63) is 53.6 Å². The standard InChI is InChI=1S/C18H18N2S/c1-2-6-15-12(4-1)11-21-17-7-3-5-13-14-10-19-9-8-16(14)20(15)18(13)17/h1-7,14,16,19H,8-11H2. The summed E-state index contributed by atoms with van der Waals surface area (Å²) in [6.07, 6.45) is 1.23. The van der Waals surface area contributed by atoms with Crippen molar-refractivity contribution in [1.29, 1.82) is 0 Å². The number of anilines is 2. The number of rotatable bonds is 0. The molecule has 0 aromatic heterocycles. The van der Waals surface area contributed by atoms with E-state index in [2.05, 4.69) is 52.7 Å². The lowest BCUT2D eigenvalue weighted by atomic mass is 9.90. The molecular weight excluding hydrogens is 276 g/mol. The molecule has 0 radical (unpaired) electrons. The largest absolute Gasteiger partial charge is 0.336 e.